The highest BCUT2D eigenvalue weighted by molar-refractivity contribution is 7.06. The van der Waals surface area contributed by atoms with Gasteiger partial charge in [-0.3, -0.25) is 19.4 Å². The van der Waals surface area contributed by atoms with E-state index in [0.717, 1.165) is 75.4 Å². The molecule has 8 bridgehead atoms. The highest BCUT2D eigenvalue weighted by Gasteiger charge is 2.41. The van der Waals surface area contributed by atoms with Crippen LogP contribution >= 0.6 is 23.1 Å². The van der Waals surface area contributed by atoms with E-state index in [2.05, 4.69) is 85.3 Å². The number of rotatable bonds is 2. The third-order valence-corrected chi connectivity index (χ3v) is 12.8. The lowest BCUT2D eigenvalue weighted by atomic mass is 9.78. The van der Waals surface area contributed by atoms with Gasteiger partial charge in [0.25, 0.3) is 6.23 Å². The number of allylic oxidation sites excluding steroid dienone is 12. The molecule has 5 aliphatic heterocycles. The molecule has 0 radical (unpaired) electrons. The van der Waals surface area contributed by atoms with Crippen molar-refractivity contribution < 1.29 is 23.9 Å². The normalized spacial score (nSPS) is 27.0. The highest BCUT2D eigenvalue weighted by Crippen LogP contribution is 2.49. The Bertz CT molecular complexity index is 1950. The van der Waals surface area contributed by atoms with E-state index in [-0.39, 0.29) is 31.3 Å². The zero-order chi connectivity index (χ0) is 40.3. The molecule has 6 aliphatic rings. The van der Waals surface area contributed by atoms with Crippen LogP contribution in [-0.4, -0.2) is 72.7 Å². The van der Waals surface area contributed by atoms with Crippen molar-refractivity contribution in [2.45, 2.75) is 104 Å². The van der Waals surface area contributed by atoms with Crippen LogP contribution < -0.4 is 9.80 Å². The molecule has 1 saturated heterocycles. The van der Waals surface area contributed by atoms with E-state index in [0.29, 0.717) is 35.9 Å². The number of aromatic nitrogens is 1. The molecule has 0 saturated carbocycles. The van der Waals surface area contributed by atoms with Gasteiger partial charge in [0.1, 0.15) is 5.82 Å². The van der Waals surface area contributed by atoms with Crippen LogP contribution in [0.15, 0.2) is 84.0 Å². The second-order valence-corrected chi connectivity index (χ2v) is 16.4. The number of halogens is 1. The summed E-state index contributed by atoms with van der Waals surface area (Å²) < 4.78 is 16.0. The standard InChI is InChI=1S/C46H57ClN4O5S/c1-5-55-46(54)45-51-39-31-38(47)35(29-36(39)30-40(51)52)23-24-49-25-27-50(28-26-49)44-42-34(4)37(32(2)33(3)43(42)57-48-44)21-19-17-15-13-11-9-7-6-8-10-12-14-16-18-20-22-41(53)56-45/h7-10,13-16,19,21,29,31,33-34,45H,5-6,11-12,17-18,20,22-28,30H2,1-4H3/b9-7-,10-8-,15-13-,16-14-,21-19-. The number of carbonyl (C=O) groups is 3. The summed E-state index contributed by atoms with van der Waals surface area (Å²) in [4.78, 5) is 47.1. The van der Waals surface area contributed by atoms with Crippen molar-refractivity contribution in [1.29, 1.82) is 0 Å². The minimum Gasteiger partial charge on any atom is -0.462 e. The maximum Gasteiger partial charge on any atom is 0.369 e. The van der Waals surface area contributed by atoms with Gasteiger partial charge < -0.3 is 14.4 Å². The van der Waals surface area contributed by atoms with Gasteiger partial charge >= 0.3 is 11.9 Å². The van der Waals surface area contributed by atoms with E-state index in [4.69, 9.17) is 25.4 Å². The van der Waals surface area contributed by atoms with Gasteiger partial charge in [-0.25, -0.2) is 4.79 Å². The average Bonchev–Trinajstić information content (AvgIpc) is 3.78. The molecule has 9 nitrogen and oxygen atoms in total. The molecule has 1 amide bonds. The molecule has 304 valence electrons. The maximum absolute atomic E-state index is 13.4. The van der Waals surface area contributed by atoms with Crippen molar-refractivity contribution in [2.24, 2.45) is 0 Å². The molecule has 3 atom stereocenters. The summed E-state index contributed by atoms with van der Waals surface area (Å²) in [6.45, 7) is 13.1. The van der Waals surface area contributed by atoms with Crippen LogP contribution in [0.4, 0.5) is 11.5 Å². The number of hydrogen-bond acceptors (Lipinski definition) is 9. The first-order chi connectivity index (χ1) is 27.7. The summed E-state index contributed by atoms with van der Waals surface area (Å²) >= 11 is 8.53. The van der Waals surface area contributed by atoms with Crippen LogP contribution in [0.3, 0.4) is 0 Å². The van der Waals surface area contributed by atoms with Crippen molar-refractivity contribution in [3.63, 3.8) is 0 Å². The molecule has 2 aromatic rings. The zero-order valence-corrected chi connectivity index (χ0v) is 35.5. The van der Waals surface area contributed by atoms with Crippen LogP contribution in [-0.2, 0) is 36.7 Å². The minimum atomic E-state index is -1.51. The Hall–Kier alpha value is -4.25. The summed E-state index contributed by atoms with van der Waals surface area (Å²) in [7, 11) is 0. The van der Waals surface area contributed by atoms with Gasteiger partial charge in [-0.05, 0) is 93.1 Å². The molecule has 6 heterocycles. The van der Waals surface area contributed by atoms with E-state index >= 15 is 0 Å². The van der Waals surface area contributed by atoms with E-state index in [1.165, 1.54) is 26.5 Å². The fourth-order valence-corrected chi connectivity index (χ4v) is 9.41. The molecule has 0 N–H and O–H groups in total. The SMILES string of the molecule is CCOC(=O)C1OC(=O)CCC/C=C\C/C=C\C/C=C\C/C=C\C/C=C\C2=C(C)C(C)c3snc(c3C2C)N2CCN(CCc3cc4c(cc3Cl)N1C(=O)C4)CC2. The number of amides is 1. The van der Waals surface area contributed by atoms with Crippen LogP contribution in [0.1, 0.15) is 106 Å². The number of fused-ring (bicyclic) bond motifs is 2. The third-order valence-electron chi connectivity index (χ3n) is 11.4. The molecule has 1 fully saturated rings. The monoisotopic (exact) mass is 812 g/mol. The van der Waals surface area contributed by atoms with E-state index in [9.17, 15) is 14.4 Å². The smallest absolute Gasteiger partial charge is 0.369 e. The summed E-state index contributed by atoms with van der Waals surface area (Å²) in [5, 5.41) is 0.508. The Morgan fingerprint density at radius 2 is 1.54 bits per heavy atom. The Morgan fingerprint density at radius 1 is 0.877 bits per heavy atom. The van der Waals surface area contributed by atoms with Crippen LogP contribution in [0.5, 0.6) is 0 Å². The first-order valence-corrected chi connectivity index (χ1v) is 21.8. The average molecular weight is 814 g/mol. The second kappa shape index (κ2) is 20.4. The topological polar surface area (TPSA) is 92.3 Å². The van der Waals surface area contributed by atoms with Crippen molar-refractivity contribution in [1.82, 2.24) is 9.27 Å². The molecule has 11 heteroatoms. The summed E-state index contributed by atoms with van der Waals surface area (Å²) in [5.74, 6) is 0.0854. The summed E-state index contributed by atoms with van der Waals surface area (Å²) in [5.41, 5.74) is 6.40. The number of anilines is 2. The lowest BCUT2D eigenvalue weighted by Crippen LogP contribution is -2.47. The van der Waals surface area contributed by atoms with Crippen molar-refractivity contribution in [3.05, 3.63) is 111 Å². The van der Waals surface area contributed by atoms with Crippen LogP contribution in [0.2, 0.25) is 5.02 Å². The van der Waals surface area contributed by atoms with Gasteiger partial charge in [-0.15, -0.1) is 0 Å². The van der Waals surface area contributed by atoms with E-state index in [1.807, 2.05) is 12.1 Å². The third kappa shape index (κ3) is 10.4. The molecular formula is C46H57ClN4O5S. The second-order valence-electron chi connectivity index (χ2n) is 15.2. The lowest BCUT2D eigenvalue weighted by Gasteiger charge is -2.37. The quantitative estimate of drug-likeness (QED) is 0.219. The molecule has 1 aromatic heterocycles. The highest BCUT2D eigenvalue weighted by atomic mass is 35.5. The number of nitrogens with zero attached hydrogens (tertiary/aromatic N) is 4. The fourth-order valence-electron chi connectivity index (χ4n) is 8.05. The number of carbonyl (C=O) groups excluding carboxylic acids is 3. The molecule has 0 spiro atoms. The number of hydrogen-bond donors (Lipinski definition) is 0. The lowest BCUT2D eigenvalue weighted by molar-refractivity contribution is -0.168. The molecule has 1 aliphatic carbocycles. The van der Waals surface area contributed by atoms with Gasteiger partial charge in [0.2, 0.25) is 5.91 Å². The number of benzene rings is 1. The fraction of sp³-hybridized carbons (Fsp3) is 0.478. The Morgan fingerprint density at radius 3 is 2.23 bits per heavy atom. The van der Waals surface area contributed by atoms with Gasteiger partial charge in [-0.2, -0.15) is 4.37 Å². The first kappa shape index (κ1) is 42.4. The summed E-state index contributed by atoms with van der Waals surface area (Å²) in [6.07, 6.45) is 26.1. The van der Waals surface area contributed by atoms with E-state index in [1.54, 1.807) is 24.5 Å². The predicted octanol–water partition coefficient (Wildman–Crippen LogP) is 9.55. The number of esters is 2. The van der Waals surface area contributed by atoms with Gasteiger partial charge in [0, 0.05) is 66.4 Å². The van der Waals surface area contributed by atoms with Crippen molar-refractivity contribution >= 4 is 52.5 Å². The zero-order valence-electron chi connectivity index (χ0n) is 33.9. The van der Waals surface area contributed by atoms with Crippen molar-refractivity contribution in [3.8, 4) is 0 Å². The Balaban J connectivity index is 1.18. The van der Waals surface area contributed by atoms with Crippen molar-refractivity contribution in [2.75, 3.05) is 49.1 Å². The number of ether oxygens (including phenoxy) is 2. The Kier molecular flexibility index (Phi) is 15.2. The van der Waals surface area contributed by atoms with Crippen LogP contribution in [0, 0.1) is 0 Å². The van der Waals surface area contributed by atoms with Gasteiger partial charge in [0.05, 0.1) is 18.7 Å². The van der Waals surface area contributed by atoms with Gasteiger partial charge in [-0.1, -0.05) is 97.8 Å². The molecule has 3 unspecified atom stereocenters. The largest absolute Gasteiger partial charge is 0.462 e. The summed E-state index contributed by atoms with van der Waals surface area (Å²) in [6, 6.07) is 3.69. The maximum atomic E-state index is 13.4. The van der Waals surface area contributed by atoms with E-state index < -0.39 is 18.2 Å². The molecule has 8 rings (SSSR count). The molecular weight excluding hydrogens is 756 g/mol. The van der Waals surface area contributed by atoms with Crippen LogP contribution in [0.25, 0.3) is 0 Å². The van der Waals surface area contributed by atoms with Gasteiger partial charge in [0.15, 0.2) is 0 Å². The number of piperazine rings is 1. The molecule has 1 aromatic carbocycles. The predicted molar refractivity (Wildman–Crippen MR) is 231 cm³/mol. The first-order valence-electron chi connectivity index (χ1n) is 20.6. The Labute approximate surface area is 347 Å². The minimum absolute atomic E-state index is 0.0828. The molecule has 57 heavy (non-hydrogen) atoms.